The molecule has 0 N–H and O–H groups in total. The van der Waals surface area contributed by atoms with E-state index in [-0.39, 0.29) is 0 Å². The van der Waals surface area contributed by atoms with Crippen molar-refractivity contribution >= 4 is 34.0 Å². The van der Waals surface area contributed by atoms with Gasteiger partial charge in [0.05, 0.1) is 9.75 Å². The Hall–Kier alpha value is -2.34. The van der Waals surface area contributed by atoms with E-state index in [1.807, 2.05) is 49.4 Å². The van der Waals surface area contributed by atoms with Crippen LogP contribution >= 0.6 is 34.0 Å². The van der Waals surface area contributed by atoms with Crippen LogP contribution in [0.2, 0.25) is 0 Å². The summed E-state index contributed by atoms with van der Waals surface area (Å²) in [5.41, 5.74) is 0. The third-order valence-electron chi connectivity index (χ3n) is 4.27. The Morgan fingerprint density at radius 2 is 0.778 bits per heavy atom. The summed E-state index contributed by atoms with van der Waals surface area (Å²) in [5.74, 6) is 3.77. The Kier molecular flexibility index (Phi) is 4.16. The van der Waals surface area contributed by atoms with Crippen molar-refractivity contribution in [3.05, 3.63) is 72.2 Å². The first-order chi connectivity index (χ1) is 13.2. The monoisotopic (exact) mass is 408 g/mol. The maximum Gasteiger partial charge on any atom is 0.144 e. The van der Waals surface area contributed by atoms with E-state index in [4.69, 9.17) is 8.83 Å². The summed E-state index contributed by atoms with van der Waals surface area (Å²) >= 11 is 5.37. The maximum atomic E-state index is 5.75. The topological polar surface area (TPSA) is 26.3 Å². The fourth-order valence-electron chi connectivity index (χ4n) is 2.94. The Labute approximate surface area is 169 Å². The van der Waals surface area contributed by atoms with Crippen molar-refractivity contribution in [1.29, 1.82) is 0 Å². The minimum Gasteiger partial charge on any atom is -0.461 e. The molecule has 0 unspecified atom stereocenters. The minimum atomic E-state index is 0.942. The fourth-order valence-corrected chi connectivity index (χ4v) is 6.06. The van der Waals surface area contributed by atoms with Crippen molar-refractivity contribution in [3.63, 3.8) is 0 Å². The number of aryl methyl sites for hydroxylation is 2. The first-order valence-corrected chi connectivity index (χ1v) is 11.0. The number of hydrogen-bond donors (Lipinski definition) is 0. The number of rotatable bonds is 4. The number of hydrogen-bond acceptors (Lipinski definition) is 5. The average Bonchev–Trinajstić information content (AvgIpc) is 3.44. The van der Waals surface area contributed by atoms with Crippen molar-refractivity contribution in [2.45, 2.75) is 13.8 Å². The summed E-state index contributed by atoms with van der Waals surface area (Å²) in [4.78, 5) is 7.45. The van der Waals surface area contributed by atoms with Gasteiger partial charge in [-0.3, -0.25) is 0 Å². The lowest BCUT2D eigenvalue weighted by Crippen LogP contribution is -1.61. The van der Waals surface area contributed by atoms with Gasteiger partial charge in [-0.1, -0.05) is 0 Å². The second kappa shape index (κ2) is 6.68. The van der Waals surface area contributed by atoms with E-state index >= 15 is 0 Å². The summed E-state index contributed by atoms with van der Waals surface area (Å²) in [5, 5.41) is 0. The van der Waals surface area contributed by atoms with Gasteiger partial charge in [0.15, 0.2) is 0 Å². The van der Waals surface area contributed by atoms with Gasteiger partial charge in [-0.2, -0.15) is 0 Å². The van der Waals surface area contributed by atoms with Gasteiger partial charge >= 0.3 is 0 Å². The van der Waals surface area contributed by atoms with Crippen LogP contribution < -0.4 is 0 Å². The Balaban J connectivity index is 1.42. The minimum absolute atomic E-state index is 0.942. The van der Waals surface area contributed by atoms with E-state index in [2.05, 4.69) is 36.4 Å². The molecule has 0 fully saturated rings. The van der Waals surface area contributed by atoms with E-state index in [1.165, 1.54) is 29.3 Å². The summed E-state index contributed by atoms with van der Waals surface area (Å²) < 4.78 is 11.5. The molecule has 5 aromatic heterocycles. The molecule has 0 saturated heterocycles. The predicted octanol–water partition coefficient (Wildman–Crippen LogP) is 8.34. The molecule has 134 valence electrons. The van der Waals surface area contributed by atoms with Gasteiger partial charge < -0.3 is 8.83 Å². The highest BCUT2D eigenvalue weighted by Gasteiger charge is 2.13. The highest BCUT2D eigenvalue weighted by atomic mass is 32.1. The standard InChI is InChI=1S/C22H16O2S3/c1-13-3-5-15(23-13)17-7-9-19(25-17)21-11-12-22(27-21)20-10-8-18(26-20)16-6-4-14(2)24-16/h3-12H,1-2H3. The van der Waals surface area contributed by atoms with Crippen molar-refractivity contribution in [2.75, 3.05) is 0 Å². The zero-order valence-electron chi connectivity index (χ0n) is 14.8. The van der Waals surface area contributed by atoms with E-state index < -0.39 is 0 Å². The normalized spacial score (nSPS) is 11.3. The molecule has 27 heavy (non-hydrogen) atoms. The molecular formula is C22H16O2S3. The molecule has 0 aliphatic rings. The van der Waals surface area contributed by atoms with E-state index in [0.29, 0.717) is 0 Å². The summed E-state index contributed by atoms with van der Waals surface area (Å²) in [7, 11) is 0. The molecule has 0 aliphatic heterocycles. The molecule has 2 nitrogen and oxygen atoms in total. The molecule has 0 aliphatic carbocycles. The van der Waals surface area contributed by atoms with Crippen LogP contribution in [0.5, 0.6) is 0 Å². The van der Waals surface area contributed by atoms with Gasteiger partial charge in [0.25, 0.3) is 0 Å². The second-order valence-electron chi connectivity index (χ2n) is 6.31. The maximum absolute atomic E-state index is 5.75. The molecule has 5 rings (SSSR count). The second-order valence-corrected chi connectivity index (χ2v) is 9.56. The lowest BCUT2D eigenvalue weighted by molar-refractivity contribution is 0.549. The first-order valence-electron chi connectivity index (χ1n) is 8.59. The Morgan fingerprint density at radius 1 is 0.444 bits per heavy atom. The average molecular weight is 409 g/mol. The van der Waals surface area contributed by atoms with E-state index in [1.54, 1.807) is 22.7 Å². The zero-order chi connectivity index (χ0) is 18.4. The van der Waals surface area contributed by atoms with Gasteiger partial charge in [0, 0.05) is 19.5 Å². The molecular weight excluding hydrogens is 392 g/mol. The zero-order valence-corrected chi connectivity index (χ0v) is 17.3. The number of thiophene rings is 3. The Bertz CT molecular complexity index is 1120. The van der Waals surface area contributed by atoms with Crippen molar-refractivity contribution in [3.8, 4) is 40.8 Å². The summed E-state index contributed by atoms with van der Waals surface area (Å²) in [6, 6.07) is 21.1. The third-order valence-corrected chi connectivity index (χ3v) is 7.95. The molecule has 0 aromatic carbocycles. The predicted molar refractivity (Wildman–Crippen MR) is 116 cm³/mol. The highest BCUT2D eigenvalue weighted by Crippen LogP contribution is 2.43. The van der Waals surface area contributed by atoms with Crippen LogP contribution in [0.25, 0.3) is 40.8 Å². The fraction of sp³-hybridized carbons (Fsp3) is 0.0909. The van der Waals surface area contributed by atoms with Crippen molar-refractivity contribution in [1.82, 2.24) is 0 Å². The first kappa shape index (κ1) is 16.8. The van der Waals surface area contributed by atoms with E-state index in [0.717, 1.165) is 23.0 Å². The molecule has 5 heterocycles. The van der Waals surface area contributed by atoms with E-state index in [9.17, 15) is 0 Å². The van der Waals surface area contributed by atoms with Crippen LogP contribution in [-0.4, -0.2) is 0 Å². The SMILES string of the molecule is Cc1ccc(-c2ccc(-c3ccc(-c4ccc(-c5ccc(C)o5)s4)s3)s2)o1. The summed E-state index contributed by atoms with van der Waals surface area (Å²) in [6.07, 6.45) is 0. The highest BCUT2D eigenvalue weighted by molar-refractivity contribution is 7.27. The van der Waals surface area contributed by atoms with Crippen LogP contribution in [0.1, 0.15) is 11.5 Å². The summed E-state index contributed by atoms with van der Waals surface area (Å²) in [6.45, 7) is 3.95. The lowest BCUT2D eigenvalue weighted by atomic mass is 10.3. The molecule has 0 saturated carbocycles. The smallest absolute Gasteiger partial charge is 0.144 e. The molecule has 0 amide bonds. The largest absolute Gasteiger partial charge is 0.461 e. The molecule has 0 spiro atoms. The lowest BCUT2D eigenvalue weighted by Gasteiger charge is -1.92. The molecule has 0 radical (unpaired) electrons. The third kappa shape index (κ3) is 3.23. The van der Waals surface area contributed by atoms with Gasteiger partial charge in [0.1, 0.15) is 23.0 Å². The molecule has 0 bridgehead atoms. The van der Waals surface area contributed by atoms with Crippen molar-refractivity contribution in [2.24, 2.45) is 0 Å². The van der Waals surface area contributed by atoms with Gasteiger partial charge in [-0.15, -0.1) is 34.0 Å². The van der Waals surface area contributed by atoms with Crippen LogP contribution in [0.3, 0.4) is 0 Å². The van der Waals surface area contributed by atoms with Crippen LogP contribution in [-0.2, 0) is 0 Å². The van der Waals surface area contributed by atoms with Crippen LogP contribution in [0.4, 0.5) is 0 Å². The van der Waals surface area contributed by atoms with Gasteiger partial charge in [-0.25, -0.2) is 0 Å². The van der Waals surface area contributed by atoms with Gasteiger partial charge in [0.2, 0.25) is 0 Å². The van der Waals surface area contributed by atoms with Crippen molar-refractivity contribution < 1.29 is 8.83 Å². The molecule has 0 atom stereocenters. The Morgan fingerprint density at radius 3 is 1.11 bits per heavy atom. The quantitative estimate of drug-likeness (QED) is 0.299. The number of furan rings is 2. The molecule has 5 aromatic rings. The van der Waals surface area contributed by atoms with Gasteiger partial charge in [-0.05, 0) is 74.5 Å². The van der Waals surface area contributed by atoms with Crippen LogP contribution in [0.15, 0.2) is 69.5 Å². The van der Waals surface area contributed by atoms with Crippen LogP contribution in [0, 0.1) is 13.8 Å². The molecule has 5 heteroatoms.